The van der Waals surface area contributed by atoms with Crippen LogP contribution < -0.4 is 5.32 Å². The second-order valence-electron chi connectivity index (χ2n) is 7.85. The summed E-state index contributed by atoms with van der Waals surface area (Å²) in [6, 6.07) is 0.412. The minimum absolute atomic E-state index is 0.132. The number of hydrogen-bond acceptors (Lipinski definition) is 2. The third kappa shape index (κ3) is 5.15. The van der Waals surface area contributed by atoms with Crippen molar-refractivity contribution in [3.8, 4) is 0 Å². The molecule has 3 atom stereocenters. The van der Waals surface area contributed by atoms with Crippen molar-refractivity contribution < 1.29 is 4.79 Å². The van der Waals surface area contributed by atoms with Crippen molar-refractivity contribution in [2.24, 2.45) is 17.8 Å². The van der Waals surface area contributed by atoms with E-state index in [1.54, 1.807) is 0 Å². The molecule has 0 bridgehead atoms. The van der Waals surface area contributed by atoms with E-state index in [-0.39, 0.29) is 12.1 Å². The first-order chi connectivity index (χ1) is 10.5. The van der Waals surface area contributed by atoms with E-state index in [0.29, 0.717) is 0 Å². The summed E-state index contributed by atoms with van der Waals surface area (Å²) in [4.78, 5) is 16.8. The molecule has 128 valence electrons. The van der Waals surface area contributed by atoms with Crippen molar-refractivity contribution in [2.45, 2.75) is 59.4 Å². The fourth-order valence-corrected chi connectivity index (χ4v) is 4.03. The summed E-state index contributed by atoms with van der Waals surface area (Å²) >= 11 is 0. The third-order valence-electron chi connectivity index (χ3n) is 5.34. The van der Waals surface area contributed by atoms with E-state index in [4.69, 9.17) is 0 Å². The average Bonchev–Trinajstić information content (AvgIpc) is 2.46. The molecule has 1 N–H and O–H groups in total. The highest BCUT2D eigenvalue weighted by Gasteiger charge is 2.27. The van der Waals surface area contributed by atoms with Gasteiger partial charge in [-0.1, -0.05) is 20.8 Å². The molecule has 2 saturated heterocycles. The maximum absolute atomic E-state index is 12.2. The predicted molar refractivity (Wildman–Crippen MR) is 92.0 cm³/mol. The Balaban J connectivity index is 1.72. The molecule has 2 amide bonds. The Bertz CT molecular complexity index is 342. The van der Waals surface area contributed by atoms with Crippen LogP contribution in [0.4, 0.5) is 4.79 Å². The molecule has 2 aliphatic heterocycles. The van der Waals surface area contributed by atoms with Gasteiger partial charge in [0.25, 0.3) is 0 Å². The molecule has 0 spiro atoms. The highest BCUT2D eigenvalue weighted by atomic mass is 16.2. The Labute approximate surface area is 136 Å². The molecule has 0 aromatic rings. The van der Waals surface area contributed by atoms with E-state index in [9.17, 15) is 4.79 Å². The number of nitrogens with one attached hydrogen (secondary N) is 1. The number of nitrogens with zero attached hydrogens (tertiary/aromatic N) is 2. The molecular formula is C18H35N3O. The molecule has 0 aromatic carbocycles. The van der Waals surface area contributed by atoms with Gasteiger partial charge >= 0.3 is 6.03 Å². The summed E-state index contributed by atoms with van der Waals surface area (Å²) in [5.41, 5.74) is 0. The Kier molecular flexibility index (Phi) is 6.54. The molecular weight excluding hydrogens is 274 g/mol. The van der Waals surface area contributed by atoms with Crippen molar-refractivity contribution in [1.82, 2.24) is 15.1 Å². The van der Waals surface area contributed by atoms with Crippen LogP contribution in [-0.4, -0.2) is 54.6 Å². The van der Waals surface area contributed by atoms with Gasteiger partial charge in [-0.05, 0) is 50.4 Å². The molecule has 4 nitrogen and oxygen atoms in total. The third-order valence-corrected chi connectivity index (χ3v) is 5.34. The fraction of sp³-hybridized carbons (Fsp3) is 0.944. The van der Waals surface area contributed by atoms with Crippen LogP contribution in [0.5, 0.6) is 0 Å². The second-order valence-corrected chi connectivity index (χ2v) is 7.85. The van der Waals surface area contributed by atoms with Crippen molar-refractivity contribution in [3.63, 3.8) is 0 Å². The molecule has 2 fully saturated rings. The first kappa shape index (κ1) is 17.6. The lowest BCUT2D eigenvalue weighted by molar-refractivity contribution is 0.0992. The SMILES string of the molecule is CC[C@H](C)NC(=O)N1CCC(CN2C[C@@H](C)C[C@H](C)C2)CC1. The van der Waals surface area contributed by atoms with Crippen LogP contribution >= 0.6 is 0 Å². The van der Waals surface area contributed by atoms with E-state index in [1.807, 2.05) is 4.90 Å². The first-order valence-electron chi connectivity index (χ1n) is 9.25. The maximum atomic E-state index is 12.2. The van der Waals surface area contributed by atoms with Crippen LogP contribution in [0.3, 0.4) is 0 Å². The van der Waals surface area contributed by atoms with Crippen LogP contribution in [0.15, 0.2) is 0 Å². The van der Waals surface area contributed by atoms with E-state index in [2.05, 4.69) is 37.9 Å². The molecule has 4 heteroatoms. The van der Waals surface area contributed by atoms with Gasteiger partial charge < -0.3 is 15.1 Å². The molecule has 2 rings (SSSR count). The number of carbonyl (C=O) groups is 1. The minimum atomic E-state index is 0.132. The summed E-state index contributed by atoms with van der Waals surface area (Å²) in [7, 11) is 0. The largest absolute Gasteiger partial charge is 0.336 e. The summed E-state index contributed by atoms with van der Waals surface area (Å²) in [6.07, 6.45) is 4.69. The number of piperidine rings is 2. The zero-order valence-electron chi connectivity index (χ0n) is 15.0. The molecule has 0 aliphatic carbocycles. The molecule has 0 radical (unpaired) electrons. The van der Waals surface area contributed by atoms with Gasteiger partial charge in [-0.25, -0.2) is 4.79 Å². The lowest BCUT2D eigenvalue weighted by atomic mass is 9.89. The van der Waals surface area contributed by atoms with Gasteiger partial charge in [-0.15, -0.1) is 0 Å². The van der Waals surface area contributed by atoms with E-state index in [0.717, 1.165) is 50.1 Å². The molecule has 0 saturated carbocycles. The van der Waals surface area contributed by atoms with Gasteiger partial charge in [-0.2, -0.15) is 0 Å². The Morgan fingerprint density at radius 1 is 1.18 bits per heavy atom. The van der Waals surface area contributed by atoms with Crippen LogP contribution in [0.25, 0.3) is 0 Å². The van der Waals surface area contributed by atoms with Crippen LogP contribution in [0, 0.1) is 17.8 Å². The number of carbonyl (C=O) groups excluding carboxylic acids is 1. The number of hydrogen-bond donors (Lipinski definition) is 1. The van der Waals surface area contributed by atoms with Crippen LogP contribution in [-0.2, 0) is 0 Å². The Morgan fingerprint density at radius 2 is 1.77 bits per heavy atom. The maximum Gasteiger partial charge on any atom is 0.317 e. The lowest BCUT2D eigenvalue weighted by Crippen LogP contribution is -2.49. The molecule has 0 unspecified atom stereocenters. The summed E-state index contributed by atoms with van der Waals surface area (Å²) in [6.45, 7) is 14.5. The molecule has 2 heterocycles. The minimum Gasteiger partial charge on any atom is -0.336 e. The number of amides is 2. The highest BCUT2D eigenvalue weighted by molar-refractivity contribution is 5.74. The highest BCUT2D eigenvalue weighted by Crippen LogP contribution is 2.24. The number of urea groups is 1. The molecule has 0 aromatic heterocycles. The predicted octanol–water partition coefficient (Wildman–Crippen LogP) is 3.18. The van der Waals surface area contributed by atoms with Crippen molar-refractivity contribution >= 4 is 6.03 Å². The second kappa shape index (κ2) is 8.19. The first-order valence-corrected chi connectivity index (χ1v) is 9.25. The van der Waals surface area contributed by atoms with Gasteiger partial charge in [0, 0.05) is 38.8 Å². The van der Waals surface area contributed by atoms with Gasteiger partial charge in [0.2, 0.25) is 0 Å². The fourth-order valence-electron chi connectivity index (χ4n) is 4.03. The van der Waals surface area contributed by atoms with Crippen molar-refractivity contribution in [2.75, 3.05) is 32.7 Å². The molecule has 2 aliphatic rings. The Morgan fingerprint density at radius 3 is 2.32 bits per heavy atom. The van der Waals surface area contributed by atoms with Gasteiger partial charge in [0.1, 0.15) is 0 Å². The standard InChI is InChI=1S/C18H35N3O/c1-5-16(4)19-18(22)21-8-6-17(7-9-21)13-20-11-14(2)10-15(3)12-20/h14-17H,5-13H2,1-4H3,(H,19,22)/t14-,15-,16-/m0/s1. The summed E-state index contributed by atoms with van der Waals surface area (Å²) < 4.78 is 0. The smallest absolute Gasteiger partial charge is 0.317 e. The normalized spacial score (nSPS) is 29.4. The zero-order valence-corrected chi connectivity index (χ0v) is 15.0. The Hall–Kier alpha value is -0.770. The van der Waals surface area contributed by atoms with Crippen LogP contribution in [0.1, 0.15) is 53.4 Å². The van der Waals surface area contributed by atoms with Gasteiger partial charge in [0.15, 0.2) is 0 Å². The molecule has 22 heavy (non-hydrogen) atoms. The summed E-state index contributed by atoms with van der Waals surface area (Å²) in [5.74, 6) is 2.44. The average molecular weight is 309 g/mol. The van der Waals surface area contributed by atoms with Crippen molar-refractivity contribution in [3.05, 3.63) is 0 Å². The van der Waals surface area contributed by atoms with E-state index in [1.165, 1.54) is 26.1 Å². The van der Waals surface area contributed by atoms with E-state index >= 15 is 0 Å². The monoisotopic (exact) mass is 309 g/mol. The van der Waals surface area contributed by atoms with Gasteiger partial charge in [0.05, 0.1) is 0 Å². The lowest BCUT2D eigenvalue weighted by Gasteiger charge is -2.39. The quantitative estimate of drug-likeness (QED) is 0.865. The summed E-state index contributed by atoms with van der Waals surface area (Å²) in [5, 5.41) is 3.08. The number of rotatable bonds is 4. The topological polar surface area (TPSA) is 35.6 Å². The van der Waals surface area contributed by atoms with Crippen molar-refractivity contribution in [1.29, 1.82) is 0 Å². The van der Waals surface area contributed by atoms with Gasteiger partial charge in [-0.3, -0.25) is 0 Å². The van der Waals surface area contributed by atoms with Crippen LogP contribution in [0.2, 0.25) is 0 Å². The number of likely N-dealkylation sites (tertiary alicyclic amines) is 2. The van der Waals surface area contributed by atoms with E-state index < -0.39 is 0 Å². The zero-order chi connectivity index (χ0) is 16.1.